The van der Waals surface area contributed by atoms with Crippen molar-refractivity contribution >= 4 is 23.3 Å². The number of benzene rings is 1. The topological polar surface area (TPSA) is 78.9 Å². The first-order chi connectivity index (χ1) is 15.1. The molecule has 0 spiro atoms. The normalized spacial score (nSPS) is 17.2. The van der Waals surface area contributed by atoms with Gasteiger partial charge < -0.3 is 14.5 Å². The van der Waals surface area contributed by atoms with Gasteiger partial charge in [0.15, 0.2) is 0 Å². The Bertz CT molecular complexity index is 966. The number of piperazine rings is 1. The predicted octanol–water partition coefficient (Wildman–Crippen LogP) is 1.72. The molecule has 0 unspecified atom stereocenters. The van der Waals surface area contributed by atoms with E-state index in [1.807, 2.05) is 36.1 Å². The number of aryl methyl sites for hydroxylation is 1. The molecule has 4 rings (SSSR count). The van der Waals surface area contributed by atoms with E-state index < -0.39 is 0 Å². The van der Waals surface area contributed by atoms with Crippen molar-refractivity contribution in [3.05, 3.63) is 59.5 Å². The molecule has 31 heavy (non-hydrogen) atoms. The minimum Gasteiger partial charge on any atom is -0.385 e. The highest BCUT2D eigenvalue weighted by Crippen LogP contribution is 2.32. The molecule has 8 heteroatoms. The van der Waals surface area contributed by atoms with Crippen LogP contribution in [-0.2, 0) is 14.3 Å². The summed E-state index contributed by atoms with van der Waals surface area (Å²) in [5, 5.41) is 0. The molecule has 2 aromatic rings. The molecule has 1 aromatic carbocycles. The van der Waals surface area contributed by atoms with Crippen molar-refractivity contribution in [1.29, 1.82) is 0 Å². The summed E-state index contributed by atoms with van der Waals surface area (Å²) in [5.41, 5.74) is 2.88. The Morgan fingerprint density at radius 2 is 1.58 bits per heavy atom. The number of imide groups is 1. The van der Waals surface area contributed by atoms with Gasteiger partial charge in [0.2, 0.25) is 5.95 Å². The largest absolute Gasteiger partial charge is 0.385 e. The summed E-state index contributed by atoms with van der Waals surface area (Å²) in [6, 6.07) is 9.57. The number of nitrogens with zero attached hydrogens (tertiary/aromatic N) is 5. The Kier molecular flexibility index (Phi) is 6.27. The maximum absolute atomic E-state index is 13.3. The van der Waals surface area contributed by atoms with Gasteiger partial charge >= 0.3 is 0 Å². The second-order valence-electron chi connectivity index (χ2n) is 7.72. The average Bonchev–Trinajstić information content (AvgIpc) is 3.05. The van der Waals surface area contributed by atoms with Crippen molar-refractivity contribution in [2.45, 2.75) is 13.3 Å². The molecule has 0 saturated carbocycles. The molecule has 8 nitrogen and oxygen atoms in total. The molecule has 0 aliphatic carbocycles. The second-order valence-corrected chi connectivity index (χ2v) is 7.72. The maximum Gasteiger partial charge on any atom is 0.277 e. The molecule has 162 valence electrons. The summed E-state index contributed by atoms with van der Waals surface area (Å²) >= 11 is 0. The molecule has 1 aromatic heterocycles. The number of methoxy groups -OCH3 is 1. The summed E-state index contributed by atoms with van der Waals surface area (Å²) in [6.07, 6.45) is 4.06. The highest BCUT2D eigenvalue weighted by Gasteiger charge is 2.41. The van der Waals surface area contributed by atoms with Crippen LogP contribution < -0.4 is 4.90 Å². The summed E-state index contributed by atoms with van der Waals surface area (Å²) < 4.78 is 5.10. The van der Waals surface area contributed by atoms with Gasteiger partial charge in [0.05, 0.1) is 5.57 Å². The van der Waals surface area contributed by atoms with Gasteiger partial charge in [-0.2, -0.15) is 0 Å². The third-order valence-electron chi connectivity index (χ3n) is 5.64. The Hall–Kier alpha value is -3.26. The first-order valence-corrected chi connectivity index (χ1v) is 10.5. The van der Waals surface area contributed by atoms with E-state index >= 15 is 0 Å². The molecule has 2 aliphatic heterocycles. The van der Waals surface area contributed by atoms with E-state index in [0.717, 1.165) is 11.1 Å². The zero-order valence-corrected chi connectivity index (χ0v) is 18.0. The van der Waals surface area contributed by atoms with Gasteiger partial charge in [-0.3, -0.25) is 14.5 Å². The molecule has 2 amide bonds. The average molecular weight is 422 g/mol. The lowest BCUT2D eigenvalue weighted by atomic mass is 10.0. The van der Waals surface area contributed by atoms with Crippen molar-refractivity contribution in [3.63, 3.8) is 0 Å². The van der Waals surface area contributed by atoms with E-state index in [4.69, 9.17) is 4.74 Å². The van der Waals surface area contributed by atoms with Crippen LogP contribution in [0, 0.1) is 6.92 Å². The third-order valence-corrected chi connectivity index (χ3v) is 5.64. The van der Waals surface area contributed by atoms with Crippen LogP contribution in [0.3, 0.4) is 0 Å². The number of hydrogen-bond donors (Lipinski definition) is 0. The molecule has 0 radical (unpaired) electrons. The molecule has 3 heterocycles. The Balaban J connectivity index is 1.60. The Morgan fingerprint density at radius 1 is 0.935 bits per heavy atom. The summed E-state index contributed by atoms with van der Waals surface area (Å²) in [6.45, 7) is 5.45. The zero-order valence-electron chi connectivity index (χ0n) is 18.0. The first kappa shape index (κ1) is 21.0. The number of carbonyl (C=O) groups excluding carboxylic acids is 2. The molecule has 0 N–H and O–H groups in total. The summed E-state index contributed by atoms with van der Waals surface area (Å²) in [7, 11) is 1.62. The van der Waals surface area contributed by atoms with E-state index in [0.29, 0.717) is 63.0 Å². The lowest BCUT2D eigenvalue weighted by Gasteiger charge is -2.36. The van der Waals surface area contributed by atoms with E-state index in [2.05, 4.69) is 14.9 Å². The minimum absolute atomic E-state index is 0.221. The van der Waals surface area contributed by atoms with Gasteiger partial charge in [-0.25, -0.2) is 9.97 Å². The molecule has 0 atom stereocenters. The molecular weight excluding hydrogens is 394 g/mol. The molecule has 1 fully saturated rings. The second kappa shape index (κ2) is 9.26. The van der Waals surface area contributed by atoms with Crippen molar-refractivity contribution in [3.8, 4) is 0 Å². The number of carbonyl (C=O) groups is 2. The van der Waals surface area contributed by atoms with Crippen molar-refractivity contribution in [2.24, 2.45) is 0 Å². The lowest BCUT2D eigenvalue weighted by Crippen LogP contribution is -2.48. The van der Waals surface area contributed by atoms with Crippen LogP contribution >= 0.6 is 0 Å². The molecule has 2 aliphatic rings. The van der Waals surface area contributed by atoms with Crippen LogP contribution in [0.25, 0.3) is 5.57 Å². The summed E-state index contributed by atoms with van der Waals surface area (Å²) in [5.74, 6) is 0.236. The lowest BCUT2D eigenvalue weighted by molar-refractivity contribution is -0.137. The monoisotopic (exact) mass is 421 g/mol. The maximum atomic E-state index is 13.3. The first-order valence-electron chi connectivity index (χ1n) is 10.5. The van der Waals surface area contributed by atoms with Crippen LogP contribution in [-0.4, -0.2) is 78.0 Å². The number of hydrogen-bond acceptors (Lipinski definition) is 7. The molecule has 0 bridgehead atoms. The van der Waals surface area contributed by atoms with Gasteiger partial charge in [0, 0.05) is 58.8 Å². The van der Waals surface area contributed by atoms with E-state index in [1.165, 1.54) is 4.90 Å². The zero-order chi connectivity index (χ0) is 21.8. The number of anilines is 1. The Labute approximate surface area is 182 Å². The quantitative estimate of drug-likeness (QED) is 0.498. The van der Waals surface area contributed by atoms with Crippen LogP contribution in [0.15, 0.2) is 48.4 Å². The van der Waals surface area contributed by atoms with Crippen molar-refractivity contribution in [1.82, 2.24) is 19.8 Å². The van der Waals surface area contributed by atoms with Gasteiger partial charge in [-0.15, -0.1) is 0 Å². The fourth-order valence-electron chi connectivity index (χ4n) is 3.99. The number of aromatic nitrogens is 2. The SMILES string of the molecule is COCCCN1C(=O)C(c2ccc(C)cc2)=C(N2CCN(c3ncccn3)CC2)C1=O. The van der Waals surface area contributed by atoms with Gasteiger partial charge in [-0.1, -0.05) is 29.8 Å². The molecule has 1 saturated heterocycles. The van der Waals surface area contributed by atoms with Crippen LogP contribution in [0.2, 0.25) is 0 Å². The third kappa shape index (κ3) is 4.29. The fourth-order valence-corrected chi connectivity index (χ4v) is 3.99. The molecular formula is C23H27N5O3. The highest BCUT2D eigenvalue weighted by atomic mass is 16.5. The van der Waals surface area contributed by atoms with Gasteiger partial charge in [0.1, 0.15) is 5.70 Å². The standard InChI is InChI=1S/C23H27N5O3/c1-17-5-7-18(8-6-17)19-20(22(30)28(21(19)29)11-4-16-31-2)26-12-14-27(15-13-26)23-24-9-3-10-25-23/h3,5-10H,4,11-16H2,1-2H3. The van der Waals surface area contributed by atoms with Crippen LogP contribution in [0.4, 0.5) is 5.95 Å². The smallest absolute Gasteiger partial charge is 0.277 e. The minimum atomic E-state index is -0.228. The van der Waals surface area contributed by atoms with E-state index in [1.54, 1.807) is 25.6 Å². The van der Waals surface area contributed by atoms with E-state index in [9.17, 15) is 9.59 Å². The van der Waals surface area contributed by atoms with Crippen LogP contribution in [0.1, 0.15) is 17.5 Å². The Morgan fingerprint density at radius 3 is 2.23 bits per heavy atom. The van der Waals surface area contributed by atoms with Crippen molar-refractivity contribution in [2.75, 3.05) is 51.3 Å². The van der Waals surface area contributed by atoms with Gasteiger partial charge in [0.25, 0.3) is 11.8 Å². The number of rotatable bonds is 7. The van der Waals surface area contributed by atoms with Gasteiger partial charge in [-0.05, 0) is 25.0 Å². The number of amides is 2. The van der Waals surface area contributed by atoms with Crippen LogP contribution in [0.5, 0.6) is 0 Å². The van der Waals surface area contributed by atoms with Crippen molar-refractivity contribution < 1.29 is 14.3 Å². The highest BCUT2D eigenvalue weighted by molar-refractivity contribution is 6.35. The number of ether oxygens (including phenoxy) is 1. The predicted molar refractivity (Wildman–Crippen MR) is 117 cm³/mol. The van der Waals surface area contributed by atoms with E-state index in [-0.39, 0.29) is 11.8 Å². The summed E-state index contributed by atoms with van der Waals surface area (Å²) in [4.78, 5) is 40.7. The fraction of sp³-hybridized carbons (Fsp3) is 0.391.